The van der Waals surface area contributed by atoms with Gasteiger partial charge < -0.3 is 9.64 Å². The van der Waals surface area contributed by atoms with Crippen molar-refractivity contribution in [3.8, 4) is 0 Å². The normalized spacial score (nSPS) is 24.0. The molecule has 2 aromatic carbocycles. The molecule has 2 heterocycles. The lowest BCUT2D eigenvalue weighted by atomic mass is 9.96. The van der Waals surface area contributed by atoms with Gasteiger partial charge in [-0.15, -0.1) is 11.8 Å². The maximum atomic E-state index is 12.8. The number of benzene rings is 2. The van der Waals surface area contributed by atoms with Crippen LogP contribution in [0.25, 0.3) is 0 Å². The van der Waals surface area contributed by atoms with E-state index in [0.29, 0.717) is 5.56 Å². The molecule has 2 fully saturated rings. The highest BCUT2D eigenvalue weighted by atomic mass is 32.2. The number of amides is 1. The highest BCUT2D eigenvalue weighted by Crippen LogP contribution is 2.52. The summed E-state index contributed by atoms with van der Waals surface area (Å²) in [5.74, 6) is -0.641. The molecule has 2 aliphatic heterocycles. The number of carbonyl (C=O) groups excluding carboxylic acids is 2. The summed E-state index contributed by atoms with van der Waals surface area (Å²) in [5.41, 5.74) is 1.54. The third-order valence-corrected chi connectivity index (χ3v) is 6.91. The molecule has 9 heteroatoms. The smallest absolute Gasteiger partial charge is 0.330 e. The van der Waals surface area contributed by atoms with E-state index in [1.165, 1.54) is 30.1 Å². The third-order valence-electron chi connectivity index (χ3n) is 5.35. The molecule has 0 aromatic heterocycles. The molecule has 0 aliphatic carbocycles. The molecule has 2 saturated heterocycles. The number of nitro benzene ring substituents is 1. The first-order valence-corrected chi connectivity index (χ1v) is 10.6. The van der Waals surface area contributed by atoms with Gasteiger partial charge in [-0.3, -0.25) is 19.9 Å². The summed E-state index contributed by atoms with van der Waals surface area (Å²) >= 11 is 1.53. The van der Waals surface area contributed by atoms with Gasteiger partial charge in [0, 0.05) is 23.1 Å². The van der Waals surface area contributed by atoms with Crippen molar-refractivity contribution in [1.29, 1.82) is 0 Å². The van der Waals surface area contributed by atoms with Crippen LogP contribution >= 0.6 is 11.8 Å². The molecule has 1 amide bonds. The fraction of sp³-hybridized carbons (Fsp3) is 0.318. The Morgan fingerprint density at radius 1 is 1.23 bits per heavy atom. The van der Waals surface area contributed by atoms with Crippen molar-refractivity contribution >= 4 is 35.5 Å². The number of carbonyl (C=O) groups is 2. The summed E-state index contributed by atoms with van der Waals surface area (Å²) in [7, 11) is 0. The van der Waals surface area contributed by atoms with E-state index in [-0.39, 0.29) is 23.6 Å². The van der Waals surface area contributed by atoms with Gasteiger partial charge in [0.2, 0.25) is 0 Å². The second-order valence-corrected chi connectivity index (χ2v) is 9.70. The summed E-state index contributed by atoms with van der Waals surface area (Å²) in [5, 5.41) is 10.5. The first-order chi connectivity index (χ1) is 14.8. The van der Waals surface area contributed by atoms with Gasteiger partial charge in [-0.25, -0.2) is 4.79 Å². The van der Waals surface area contributed by atoms with E-state index in [2.05, 4.69) is 4.99 Å². The third kappa shape index (κ3) is 4.05. The minimum absolute atomic E-state index is 0.00648. The lowest BCUT2D eigenvalue weighted by molar-refractivity contribution is -0.384. The van der Waals surface area contributed by atoms with Crippen molar-refractivity contribution in [2.75, 3.05) is 0 Å². The van der Waals surface area contributed by atoms with Crippen molar-refractivity contribution in [3.63, 3.8) is 0 Å². The maximum Gasteiger partial charge on any atom is 0.330 e. The zero-order valence-electron chi connectivity index (χ0n) is 17.0. The summed E-state index contributed by atoms with van der Waals surface area (Å²) < 4.78 is 5.00. The summed E-state index contributed by atoms with van der Waals surface area (Å²) in [4.78, 5) is 41.9. The van der Waals surface area contributed by atoms with E-state index in [1.54, 1.807) is 17.0 Å². The SMILES string of the molecule is CC1(C)S[C@@H]2C(N=Cc3ccc([N+](=O)[O-])cc3)C(=O)N2[C@H]1C(=O)OCc1ccccc1. The van der Waals surface area contributed by atoms with Crippen molar-refractivity contribution < 1.29 is 19.2 Å². The first kappa shape index (κ1) is 21.0. The van der Waals surface area contributed by atoms with Crippen molar-refractivity contribution in [1.82, 2.24) is 4.90 Å². The second-order valence-electron chi connectivity index (χ2n) is 7.92. The number of thioether (sulfide) groups is 1. The molecule has 8 nitrogen and oxygen atoms in total. The Morgan fingerprint density at radius 3 is 2.55 bits per heavy atom. The van der Waals surface area contributed by atoms with Gasteiger partial charge in [-0.2, -0.15) is 0 Å². The number of fused-ring (bicyclic) bond motifs is 1. The van der Waals surface area contributed by atoms with Crippen LogP contribution in [0.4, 0.5) is 5.69 Å². The molecular formula is C22H21N3O5S. The van der Waals surface area contributed by atoms with Gasteiger partial charge in [-0.1, -0.05) is 30.3 Å². The Hall–Kier alpha value is -3.20. The standard InChI is InChI=1S/C22H21N3O5S/c1-22(2)18(21(27)30-13-15-6-4-3-5-7-15)24-19(26)17(20(24)31-22)23-12-14-8-10-16(11-9-14)25(28)29/h3-12,17-18,20H,13H2,1-2H3/t17?,18-,20+/m0/s1. The number of nitro groups is 1. The van der Waals surface area contributed by atoms with E-state index < -0.39 is 27.7 Å². The number of aliphatic imine (C=N–C) groups is 1. The van der Waals surface area contributed by atoms with Gasteiger partial charge in [0.05, 0.1) is 4.92 Å². The number of hydrogen-bond acceptors (Lipinski definition) is 7. The fourth-order valence-electron chi connectivity index (χ4n) is 3.77. The van der Waals surface area contributed by atoms with Crippen molar-refractivity contribution in [2.45, 2.75) is 42.7 Å². The number of rotatable bonds is 6. The van der Waals surface area contributed by atoms with Crippen LogP contribution in [0.5, 0.6) is 0 Å². The average molecular weight is 439 g/mol. The molecule has 2 aliphatic rings. The van der Waals surface area contributed by atoms with Gasteiger partial charge in [0.15, 0.2) is 6.04 Å². The van der Waals surface area contributed by atoms with Gasteiger partial charge >= 0.3 is 5.97 Å². The van der Waals surface area contributed by atoms with Crippen LogP contribution in [0.1, 0.15) is 25.0 Å². The van der Waals surface area contributed by atoms with Crippen LogP contribution in [-0.4, -0.2) is 50.1 Å². The number of non-ortho nitro benzene ring substituents is 1. The zero-order valence-corrected chi connectivity index (χ0v) is 17.8. The fourth-order valence-corrected chi connectivity index (χ4v) is 5.38. The predicted octanol–water partition coefficient (Wildman–Crippen LogP) is 3.19. The van der Waals surface area contributed by atoms with E-state index >= 15 is 0 Å². The summed E-state index contributed by atoms with van der Waals surface area (Å²) in [6, 6.07) is 14.1. The first-order valence-electron chi connectivity index (χ1n) is 9.76. The van der Waals surface area contributed by atoms with Crippen LogP contribution < -0.4 is 0 Å². The number of β-lactam (4-membered cyclic amide) rings is 1. The second kappa shape index (κ2) is 8.14. The Kier molecular flexibility index (Phi) is 5.53. The van der Waals surface area contributed by atoms with Crippen LogP contribution in [-0.2, 0) is 20.9 Å². The monoisotopic (exact) mass is 439 g/mol. The number of esters is 1. The van der Waals surface area contributed by atoms with Crippen LogP contribution in [0.3, 0.4) is 0 Å². The molecular weight excluding hydrogens is 418 g/mol. The number of nitrogens with zero attached hydrogens (tertiary/aromatic N) is 3. The Labute approximate surface area is 183 Å². The highest BCUT2D eigenvalue weighted by Gasteiger charge is 2.64. The van der Waals surface area contributed by atoms with Crippen molar-refractivity contribution in [3.05, 3.63) is 75.8 Å². The molecule has 4 rings (SSSR count). The quantitative estimate of drug-likeness (QED) is 0.225. The molecule has 0 spiro atoms. The van der Waals surface area contributed by atoms with Gasteiger partial charge in [0.1, 0.15) is 18.0 Å². The zero-order chi connectivity index (χ0) is 22.2. The van der Waals surface area contributed by atoms with Crippen LogP contribution in [0.2, 0.25) is 0 Å². The molecule has 0 N–H and O–H groups in total. The maximum absolute atomic E-state index is 12.8. The van der Waals surface area contributed by atoms with Gasteiger partial charge in [-0.05, 0) is 37.1 Å². The summed E-state index contributed by atoms with van der Waals surface area (Å²) in [6.07, 6.45) is 1.54. The lowest BCUT2D eigenvalue weighted by Crippen LogP contribution is -2.65. The molecule has 0 saturated carbocycles. The Bertz CT molecular complexity index is 1040. The summed E-state index contributed by atoms with van der Waals surface area (Å²) in [6.45, 7) is 4.01. The van der Waals surface area contributed by atoms with Gasteiger partial charge in [0.25, 0.3) is 11.6 Å². The van der Waals surface area contributed by atoms with E-state index in [0.717, 1.165) is 5.56 Å². The minimum Gasteiger partial charge on any atom is -0.459 e. The highest BCUT2D eigenvalue weighted by molar-refractivity contribution is 8.01. The predicted molar refractivity (Wildman–Crippen MR) is 117 cm³/mol. The Balaban J connectivity index is 1.43. The molecule has 1 unspecified atom stereocenters. The largest absolute Gasteiger partial charge is 0.459 e. The topological polar surface area (TPSA) is 102 Å². The van der Waals surface area contributed by atoms with E-state index in [4.69, 9.17) is 4.74 Å². The van der Waals surface area contributed by atoms with E-state index in [1.807, 2.05) is 44.2 Å². The van der Waals surface area contributed by atoms with Crippen molar-refractivity contribution in [2.24, 2.45) is 4.99 Å². The molecule has 3 atom stereocenters. The average Bonchev–Trinajstić information content (AvgIpc) is 3.01. The lowest BCUT2D eigenvalue weighted by Gasteiger charge is -2.41. The van der Waals surface area contributed by atoms with Crippen LogP contribution in [0, 0.1) is 10.1 Å². The number of hydrogen-bond donors (Lipinski definition) is 0. The molecule has 160 valence electrons. The van der Waals surface area contributed by atoms with E-state index in [9.17, 15) is 19.7 Å². The molecule has 2 aromatic rings. The minimum atomic E-state index is -0.676. The number of ether oxygens (including phenoxy) is 1. The van der Waals surface area contributed by atoms with Crippen LogP contribution in [0.15, 0.2) is 59.6 Å². The molecule has 0 radical (unpaired) electrons. The Morgan fingerprint density at radius 2 is 1.90 bits per heavy atom. The molecule has 0 bridgehead atoms. The molecule has 31 heavy (non-hydrogen) atoms.